The molecule has 1 aliphatic rings. The van der Waals surface area contributed by atoms with Crippen LogP contribution in [0.15, 0.2) is 0 Å². The summed E-state index contributed by atoms with van der Waals surface area (Å²) in [4.78, 5) is 13.2. The van der Waals surface area contributed by atoms with Crippen molar-refractivity contribution in [2.75, 3.05) is 26.2 Å². The molecular weight excluding hydrogens is 204 g/mol. The normalized spacial score (nSPS) is 16.2. The largest absolute Gasteiger partial charge is 0.444 e. The predicted octanol–water partition coefficient (Wildman–Crippen LogP) is 2.24. The fraction of sp³-hybridized carbons (Fsp3) is 0.917. The molecule has 0 aliphatic carbocycles. The van der Waals surface area contributed by atoms with Gasteiger partial charge >= 0.3 is 6.09 Å². The summed E-state index contributed by atoms with van der Waals surface area (Å²) < 4.78 is 5.24. The van der Waals surface area contributed by atoms with Gasteiger partial charge in [0.15, 0.2) is 0 Å². The fourth-order valence-corrected chi connectivity index (χ4v) is 1.17. The highest BCUT2D eigenvalue weighted by atomic mass is 16.6. The Kier molecular flexibility index (Phi) is 7.13. The average molecular weight is 230 g/mol. The molecule has 1 N–H and O–H groups in total. The van der Waals surface area contributed by atoms with Crippen LogP contribution in [0.25, 0.3) is 0 Å². The Morgan fingerprint density at radius 1 is 1.25 bits per heavy atom. The van der Waals surface area contributed by atoms with E-state index in [2.05, 4.69) is 19.2 Å². The minimum absolute atomic E-state index is 0.200. The lowest BCUT2D eigenvalue weighted by Gasteiger charge is -2.30. The van der Waals surface area contributed by atoms with Crippen LogP contribution < -0.4 is 5.32 Å². The van der Waals surface area contributed by atoms with Crippen LogP contribution in [-0.4, -0.2) is 42.8 Å². The summed E-state index contributed by atoms with van der Waals surface area (Å²) in [5.74, 6) is 0. The minimum atomic E-state index is -0.387. The molecule has 4 nitrogen and oxygen atoms in total. The summed E-state index contributed by atoms with van der Waals surface area (Å²) in [6.07, 6.45) is 1.05. The van der Waals surface area contributed by atoms with Gasteiger partial charge in [-0.05, 0) is 20.8 Å². The van der Waals surface area contributed by atoms with Gasteiger partial charge in [0.1, 0.15) is 5.60 Å². The molecule has 1 rings (SSSR count). The fourth-order valence-electron chi connectivity index (χ4n) is 1.17. The SMILES string of the molecule is CC(C)(C)OC(=O)N1CCNCC1.CCC. The second-order valence-corrected chi connectivity index (χ2v) is 4.92. The Morgan fingerprint density at radius 2 is 1.69 bits per heavy atom. The van der Waals surface area contributed by atoms with E-state index in [0.717, 1.165) is 26.2 Å². The lowest BCUT2D eigenvalue weighted by Crippen LogP contribution is -2.48. The van der Waals surface area contributed by atoms with E-state index in [1.165, 1.54) is 6.42 Å². The quantitative estimate of drug-likeness (QED) is 0.694. The topological polar surface area (TPSA) is 41.6 Å². The molecule has 1 aliphatic heterocycles. The van der Waals surface area contributed by atoms with E-state index >= 15 is 0 Å². The van der Waals surface area contributed by atoms with Crippen molar-refractivity contribution in [1.82, 2.24) is 10.2 Å². The first-order valence-electron chi connectivity index (χ1n) is 6.09. The van der Waals surface area contributed by atoms with Crippen LogP contribution in [0.1, 0.15) is 41.0 Å². The third kappa shape index (κ3) is 7.51. The Bertz CT molecular complexity index is 194. The summed E-state index contributed by atoms with van der Waals surface area (Å²) in [5.41, 5.74) is -0.387. The summed E-state index contributed by atoms with van der Waals surface area (Å²) in [5, 5.41) is 3.18. The van der Waals surface area contributed by atoms with Crippen LogP contribution in [0.3, 0.4) is 0 Å². The predicted molar refractivity (Wildman–Crippen MR) is 66.6 cm³/mol. The van der Waals surface area contributed by atoms with Gasteiger partial charge in [-0.3, -0.25) is 0 Å². The Morgan fingerprint density at radius 3 is 2.06 bits per heavy atom. The monoisotopic (exact) mass is 230 g/mol. The zero-order valence-electron chi connectivity index (χ0n) is 11.3. The van der Waals surface area contributed by atoms with Gasteiger partial charge in [0.25, 0.3) is 0 Å². The highest BCUT2D eigenvalue weighted by molar-refractivity contribution is 5.68. The molecule has 1 heterocycles. The molecule has 4 heteroatoms. The number of nitrogens with zero attached hydrogens (tertiary/aromatic N) is 1. The molecule has 0 aromatic carbocycles. The first-order chi connectivity index (χ1) is 7.40. The van der Waals surface area contributed by atoms with Gasteiger partial charge < -0.3 is 15.0 Å². The molecule has 0 saturated carbocycles. The van der Waals surface area contributed by atoms with Crippen LogP contribution in [0.5, 0.6) is 0 Å². The molecule has 0 radical (unpaired) electrons. The van der Waals surface area contributed by atoms with Crippen LogP contribution >= 0.6 is 0 Å². The van der Waals surface area contributed by atoms with Crippen molar-refractivity contribution >= 4 is 6.09 Å². The number of carbonyl (C=O) groups excluding carboxylic acids is 1. The van der Waals surface area contributed by atoms with Crippen molar-refractivity contribution in [2.45, 2.75) is 46.6 Å². The van der Waals surface area contributed by atoms with Gasteiger partial charge in [0.2, 0.25) is 0 Å². The maximum Gasteiger partial charge on any atom is 0.410 e. The van der Waals surface area contributed by atoms with E-state index in [1.807, 2.05) is 20.8 Å². The maximum absolute atomic E-state index is 11.5. The van der Waals surface area contributed by atoms with E-state index in [1.54, 1.807) is 4.90 Å². The number of ether oxygens (including phenoxy) is 1. The zero-order chi connectivity index (χ0) is 12.6. The molecule has 0 aromatic heterocycles. The number of hydrogen-bond acceptors (Lipinski definition) is 3. The van der Waals surface area contributed by atoms with E-state index in [-0.39, 0.29) is 11.7 Å². The number of nitrogens with one attached hydrogen (secondary N) is 1. The number of hydrogen-bond donors (Lipinski definition) is 1. The smallest absolute Gasteiger partial charge is 0.410 e. The third-order valence-corrected chi connectivity index (χ3v) is 1.77. The van der Waals surface area contributed by atoms with Crippen LogP contribution in [-0.2, 0) is 4.74 Å². The lowest BCUT2D eigenvalue weighted by molar-refractivity contribution is 0.0229. The minimum Gasteiger partial charge on any atom is -0.444 e. The number of piperazine rings is 1. The highest BCUT2D eigenvalue weighted by Crippen LogP contribution is 2.09. The molecule has 0 aromatic rings. The molecule has 16 heavy (non-hydrogen) atoms. The summed E-state index contributed by atoms with van der Waals surface area (Å²) >= 11 is 0. The van der Waals surface area contributed by atoms with Gasteiger partial charge in [-0.1, -0.05) is 20.3 Å². The summed E-state index contributed by atoms with van der Waals surface area (Å²) in [7, 11) is 0. The van der Waals surface area contributed by atoms with Crippen molar-refractivity contribution < 1.29 is 9.53 Å². The molecule has 96 valence electrons. The van der Waals surface area contributed by atoms with Crippen molar-refractivity contribution in [3.05, 3.63) is 0 Å². The first kappa shape index (κ1) is 15.2. The second kappa shape index (κ2) is 7.49. The lowest BCUT2D eigenvalue weighted by atomic mass is 10.2. The van der Waals surface area contributed by atoms with E-state index in [0.29, 0.717) is 0 Å². The number of carbonyl (C=O) groups is 1. The highest BCUT2D eigenvalue weighted by Gasteiger charge is 2.22. The Balaban J connectivity index is 0.000000673. The van der Waals surface area contributed by atoms with Crippen LogP contribution in [0.2, 0.25) is 0 Å². The van der Waals surface area contributed by atoms with Crippen molar-refractivity contribution in [3.8, 4) is 0 Å². The van der Waals surface area contributed by atoms with Gasteiger partial charge in [0.05, 0.1) is 0 Å². The standard InChI is InChI=1S/C9H18N2O2.C3H8/c1-9(2,3)13-8(12)11-6-4-10-5-7-11;1-3-2/h10H,4-7H2,1-3H3;3H2,1-2H3. The van der Waals surface area contributed by atoms with Crippen molar-refractivity contribution in [2.24, 2.45) is 0 Å². The Labute approximate surface area is 99.3 Å². The molecule has 0 spiro atoms. The third-order valence-electron chi connectivity index (χ3n) is 1.77. The van der Waals surface area contributed by atoms with E-state index in [9.17, 15) is 4.79 Å². The number of amides is 1. The van der Waals surface area contributed by atoms with Crippen LogP contribution in [0, 0.1) is 0 Å². The maximum atomic E-state index is 11.5. The summed E-state index contributed by atoms with van der Waals surface area (Å²) in [6, 6.07) is 0. The van der Waals surface area contributed by atoms with Gasteiger partial charge in [-0.2, -0.15) is 0 Å². The molecule has 0 atom stereocenters. The molecule has 0 bridgehead atoms. The average Bonchev–Trinajstić information content (AvgIpc) is 2.18. The Hall–Kier alpha value is -0.770. The first-order valence-corrected chi connectivity index (χ1v) is 6.09. The second-order valence-electron chi connectivity index (χ2n) is 4.92. The van der Waals surface area contributed by atoms with E-state index in [4.69, 9.17) is 4.74 Å². The van der Waals surface area contributed by atoms with E-state index < -0.39 is 0 Å². The zero-order valence-corrected chi connectivity index (χ0v) is 11.3. The summed E-state index contributed by atoms with van der Waals surface area (Å²) in [6.45, 7) is 13.1. The molecule has 1 fully saturated rings. The van der Waals surface area contributed by atoms with Gasteiger partial charge in [-0.25, -0.2) is 4.79 Å². The van der Waals surface area contributed by atoms with Gasteiger partial charge in [-0.15, -0.1) is 0 Å². The van der Waals surface area contributed by atoms with Gasteiger partial charge in [0, 0.05) is 26.2 Å². The van der Waals surface area contributed by atoms with Crippen molar-refractivity contribution in [1.29, 1.82) is 0 Å². The molecule has 1 saturated heterocycles. The van der Waals surface area contributed by atoms with Crippen LogP contribution in [0.4, 0.5) is 4.79 Å². The number of rotatable bonds is 0. The molecular formula is C12H26N2O2. The van der Waals surface area contributed by atoms with Crippen molar-refractivity contribution in [3.63, 3.8) is 0 Å². The molecule has 1 amide bonds. The molecule has 0 unspecified atom stereocenters.